The van der Waals surface area contributed by atoms with Crippen molar-refractivity contribution in [3.05, 3.63) is 35.7 Å². The van der Waals surface area contributed by atoms with Crippen molar-refractivity contribution in [1.29, 1.82) is 0 Å². The van der Waals surface area contributed by atoms with Gasteiger partial charge in [-0.3, -0.25) is 0 Å². The zero-order valence-corrected chi connectivity index (χ0v) is 15.6. The summed E-state index contributed by atoms with van der Waals surface area (Å²) in [5.41, 5.74) is 3.68. The molecule has 2 nitrogen and oxygen atoms in total. The van der Waals surface area contributed by atoms with Gasteiger partial charge in [0.05, 0.1) is 0 Å². The van der Waals surface area contributed by atoms with Gasteiger partial charge in [0, 0.05) is 23.2 Å². The second-order valence-electron chi connectivity index (χ2n) is 8.28. The maximum absolute atomic E-state index is 4.95. The fourth-order valence-electron chi connectivity index (χ4n) is 4.86. The molecule has 2 aliphatic rings. The Morgan fingerprint density at radius 2 is 1.28 bits per heavy atom. The largest absolute Gasteiger partial charge is 0.236 e. The van der Waals surface area contributed by atoms with E-state index in [0.717, 1.165) is 5.65 Å². The number of pyridine rings is 2. The first-order chi connectivity index (χ1) is 12.4. The average molecular weight is 337 g/mol. The van der Waals surface area contributed by atoms with E-state index >= 15 is 0 Å². The molecule has 4 rings (SSSR count). The van der Waals surface area contributed by atoms with Crippen LogP contribution in [0.4, 0.5) is 0 Å². The van der Waals surface area contributed by atoms with Crippen molar-refractivity contribution in [3.63, 3.8) is 0 Å². The molecule has 0 atom stereocenters. The predicted octanol–water partition coefficient (Wildman–Crippen LogP) is 6.90. The van der Waals surface area contributed by atoms with E-state index in [9.17, 15) is 0 Å². The van der Waals surface area contributed by atoms with Gasteiger partial charge in [0.25, 0.3) is 0 Å². The summed E-state index contributed by atoms with van der Waals surface area (Å²) in [6, 6.07) is 6.93. The van der Waals surface area contributed by atoms with Crippen LogP contribution in [0.1, 0.15) is 107 Å². The third kappa shape index (κ3) is 4.22. The highest BCUT2D eigenvalue weighted by Gasteiger charge is 2.18. The molecule has 2 heteroatoms. The van der Waals surface area contributed by atoms with E-state index in [2.05, 4.69) is 24.4 Å². The first-order valence-corrected chi connectivity index (χ1v) is 10.7. The monoisotopic (exact) mass is 336 g/mol. The molecule has 0 aromatic carbocycles. The predicted molar refractivity (Wildman–Crippen MR) is 105 cm³/mol. The Labute approximate surface area is 152 Å². The zero-order chi connectivity index (χ0) is 16.9. The summed E-state index contributed by atoms with van der Waals surface area (Å²) in [6.07, 6.45) is 19.9. The summed E-state index contributed by atoms with van der Waals surface area (Å²) < 4.78 is 0. The lowest BCUT2D eigenvalue weighted by atomic mass is 9.86. The minimum Gasteiger partial charge on any atom is -0.236 e. The maximum Gasteiger partial charge on any atom is 0.159 e. The van der Waals surface area contributed by atoms with Crippen molar-refractivity contribution >= 4 is 11.0 Å². The van der Waals surface area contributed by atoms with Gasteiger partial charge in [0.1, 0.15) is 0 Å². The van der Waals surface area contributed by atoms with Gasteiger partial charge in [-0.1, -0.05) is 57.8 Å². The summed E-state index contributed by atoms with van der Waals surface area (Å²) >= 11 is 0. The van der Waals surface area contributed by atoms with Crippen LogP contribution >= 0.6 is 0 Å². The standard InChI is InChI=1S/C23H32N2/c1-2-6-10-18(11-7-3-1)21-16-20-14-15-22(25-23(20)24-17-21)19-12-8-4-5-9-13-19/h14-19H,1-13H2. The summed E-state index contributed by atoms with van der Waals surface area (Å²) in [5.74, 6) is 1.36. The molecule has 2 aromatic heterocycles. The quantitative estimate of drug-likeness (QED) is 0.558. The van der Waals surface area contributed by atoms with Crippen molar-refractivity contribution in [2.45, 2.75) is 95.3 Å². The van der Waals surface area contributed by atoms with E-state index in [1.807, 2.05) is 0 Å². The molecule has 0 spiro atoms. The van der Waals surface area contributed by atoms with Crippen LogP contribution in [-0.2, 0) is 0 Å². The molecule has 0 N–H and O–H groups in total. The summed E-state index contributed by atoms with van der Waals surface area (Å²) in [7, 11) is 0. The van der Waals surface area contributed by atoms with E-state index in [0.29, 0.717) is 11.8 Å². The molecule has 25 heavy (non-hydrogen) atoms. The molecule has 0 unspecified atom stereocenters. The van der Waals surface area contributed by atoms with Crippen LogP contribution in [0.25, 0.3) is 11.0 Å². The molecule has 2 aliphatic carbocycles. The van der Waals surface area contributed by atoms with Crippen molar-refractivity contribution in [1.82, 2.24) is 9.97 Å². The molecule has 0 saturated heterocycles. The topological polar surface area (TPSA) is 25.8 Å². The van der Waals surface area contributed by atoms with Gasteiger partial charge < -0.3 is 0 Å². The van der Waals surface area contributed by atoms with Crippen LogP contribution in [0.5, 0.6) is 0 Å². The molecular weight excluding hydrogens is 304 g/mol. The maximum atomic E-state index is 4.95. The second-order valence-corrected chi connectivity index (χ2v) is 8.28. The van der Waals surface area contributed by atoms with Crippen molar-refractivity contribution in [2.75, 3.05) is 0 Å². The van der Waals surface area contributed by atoms with Crippen molar-refractivity contribution < 1.29 is 0 Å². The van der Waals surface area contributed by atoms with Crippen LogP contribution in [-0.4, -0.2) is 9.97 Å². The SMILES string of the molecule is c1nc2nc(C3CCCCCC3)ccc2cc1C1CCCCCCC1. The van der Waals surface area contributed by atoms with Crippen LogP contribution in [0.15, 0.2) is 24.4 Å². The molecule has 2 heterocycles. The Hall–Kier alpha value is -1.44. The van der Waals surface area contributed by atoms with Crippen LogP contribution in [0.3, 0.4) is 0 Å². The Kier molecular flexibility index (Phi) is 5.64. The molecule has 134 valence electrons. The summed E-state index contributed by atoms with van der Waals surface area (Å²) in [4.78, 5) is 9.73. The minimum atomic E-state index is 0.652. The highest BCUT2D eigenvalue weighted by atomic mass is 14.8. The van der Waals surface area contributed by atoms with Gasteiger partial charge in [-0.05, 0) is 55.4 Å². The van der Waals surface area contributed by atoms with Gasteiger partial charge in [0.15, 0.2) is 5.65 Å². The number of aromatic nitrogens is 2. The third-order valence-corrected chi connectivity index (χ3v) is 6.43. The molecular formula is C23H32N2. The number of fused-ring (bicyclic) bond motifs is 1. The van der Waals surface area contributed by atoms with Crippen LogP contribution in [0.2, 0.25) is 0 Å². The van der Waals surface area contributed by atoms with Crippen LogP contribution in [0, 0.1) is 0 Å². The van der Waals surface area contributed by atoms with Crippen molar-refractivity contribution in [3.8, 4) is 0 Å². The van der Waals surface area contributed by atoms with Gasteiger partial charge in [0.2, 0.25) is 0 Å². The molecule has 2 saturated carbocycles. The van der Waals surface area contributed by atoms with Gasteiger partial charge in [-0.25, -0.2) is 9.97 Å². The van der Waals surface area contributed by atoms with E-state index in [4.69, 9.17) is 9.97 Å². The lowest BCUT2D eigenvalue weighted by molar-refractivity contribution is 0.455. The van der Waals surface area contributed by atoms with Crippen molar-refractivity contribution in [2.24, 2.45) is 0 Å². The number of rotatable bonds is 2. The lowest BCUT2D eigenvalue weighted by Gasteiger charge is -2.20. The van der Waals surface area contributed by atoms with Gasteiger partial charge in [-0.2, -0.15) is 0 Å². The fraction of sp³-hybridized carbons (Fsp3) is 0.652. The number of hydrogen-bond acceptors (Lipinski definition) is 2. The molecule has 0 aliphatic heterocycles. The molecule has 2 fully saturated rings. The smallest absolute Gasteiger partial charge is 0.159 e. The third-order valence-electron chi connectivity index (χ3n) is 6.43. The Balaban J connectivity index is 1.55. The summed E-state index contributed by atoms with van der Waals surface area (Å²) in [5, 5.41) is 1.23. The zero-order valence-electron chi connectivity index (χ0n) is 15.6. The van der Waals surface area contributed by atoms with Gasteiger partial charge in [-0.15, -0.1) is 0 Å². The molecule has 2 aromatic rings. The van der Waals surface area contributed by atoms with E-state index in [-0.39, 0.29) is 0 Å². The number of nitrogens with zero attached hydrogens (tertiary/aromatic N) is 2. The second kappa shape index (κ2) is 8.29. The highest BCUT2D eigenvalue weighted by molar-refractivity contribution is 5.75. The molecule has 0 bridgehead atoms. The highest BCUT2D eigenvalue weighted by Crippen LogP contribution is 2.33. The van der Waals surface area contributed by atoms with E-state index in [1.165, 1.54) is 100 Å². The van der Waals surface area contributed by atoms with E-state index < -0.39 is 0 Å². The molecule has 0 amide bonds. The van der Waals surface area contributed by atoms with Gasteiger partial charge >= 0.3 is 0 Å². The number of hydrogen-bond donors (Lipinski definition) is 0. The Bertz CT molecular complexity index is 678. The normalized spacial score (nSPS) is 21.6. The average Bonchev–Trinajstić information content (AvgIpc) is 2.90. The lowest BCUT2D eigenvalue weighted by Crippen LogP contribution is -2.04. The Morgan fingerprint density at radius 1 is 0.680 bits per heavy atom. The summed E-state index contributed by atoms with van der Waals surface area (Å²) in [6.45, 7) is 0. The Morgan fingerprint density at radius 3 is 1.96 bits per heavy atom. The van der Waals surface area contributed by atoms with Crippen LogP contribution < -0.4 is 0 Å². The molecule has 0 radical (unpaired) electrons. The first-order valence-electron chi connectivity index (χ1n) is 10.7. The first kappa shape index (κ1) is 17.0. The van der Waals surface area contributed by atoms with E-state index in [1.54, 1.807) is 0 Å². The minimum absolute atomic E-state index is 0.652. The fourth-order valence-corrected chi connectivity index (χ4v) is 4.86.